The lowest BCUT2D eigenvalue weighted by molar-refractivity contribution is -0.137. The van der Waals surface area contributed by atoms with Crippen molar-refractivity contribution in [3.8, 4) is 0 Å². The molecule has 10 heteroatoms. The smallest absolute Gasteiger partial charge is 0.303 e. The number of aliphatic carboxylic acids is 1. The molecule has 0 bridgehead atoms. The summed E-state index contributed by atoms with van der Waals surface area (Å²) in [6, 6.07) is 11.6. The van der Waals surface area contributed by atoms with E-state index in [0.717, 1.165) is 45.8 Å². The van der Waals surface area contributed by atoms with Crippen LogP contribution in [-0.4, -0.2) is 76.0 Å². The number of halogens is 1. The van der Waals surface area contributed by atoms with Crippen molar-refractivity contribution >= 4 is 51.6 Å². The number of hydrazone groups is 1. The van der Waals surface area contributed by atoms with Crippen LogP contribution in [0.2, 0.25) is 0 Å². The summed E-state index contributed by atoms with van der Waals surface area (Å²) in [4.78, 5) is 25.4. The van der Waals surface area contributed by atoms with Gasteiger partial charge >= 0.3 is 5.97 Å². The lowest BCUT2D eigenvalue weighted by Gasteiger charge is -2.32. The van der Waals surface area contributed by atoms with E-state index in [0.29, 0.717) is 6.42 Å². The molecule has 33 heavy (non-hydrogen) atoms. The summed E-state index contributed by atoms with van der Waals surface area (Å²) < 4.78 is 2.93. The predicted octanol–water partition coefficient (Wildman–Crippen LogP) is 3.92. The van der Waals surface area contributed by atoms with Gasteiger partial charge in [0.1, 0.15) is 6.34 Å². The van der Waals surface area contributed by atoms with E-state index in [2.05, 4.69) is 56.0 Å². The van der Waals surface area contributed by atoms with Gasteiger partial charge in [-0.05, 0) is 75.8 Å². The quantitative estimate of drug-likeness (QED) is 0.388. The first-order valence-electron chi connectivity index (χ1n) is 10.8. The van der Waals surface area contributed by atoms with Gasteiger partial charge in [0.15, 0.2) is 6.17 Å². The zero-order valence-electron chi connectivity index (χ0n) is 18.6. The Labute approximate surface area is 206 Å². The molecule has 3 heterocycles. The molecule has 0 spiro atoms. The minimum absolute atomic E-state index is 0.0349. The number of aliphatic imine (C=N–C) groups is 1. The van der Waals surface area contributed by atoms with Gasteiger partial charge in [-0.15, -0.1) is 0 Å². The topological polar surface area (TPSA) is 84.6 Å². The van der Waals surface area contributed by atoms with Crippen molar-refractivity contribution in [1.29, 1.82) is 0 Å². The summed E-state index contributed by atoms with van der Waals surface area (Å²) in [6.07, 6.45) is 4.84. The minimum atomic E-state index is -0.829. The third-order valence-corrected chi connectivity index (χ3v) is 7.01. The molecule has 0 amide bonds. The molecule has 1 aromatic heterocycles. The lowest BCUT2D eigenvalue weighted by Crippen LogP contribution is -2.45. The van der Waals surface area contributed by atoms with Crippen LogP contribution in [0, 0.1) is 0 Å². The molecule has 8 nitrogen and oxygen atoms in total. The summed E-state index contributed by atoms with van der Waals surface area (Å²) in [7, 11) is 4.13. The van der Waals surface area contributed by atoms with E-state index in [1.807, 2.05) is 41.1 Å². The van der Waals surface area contributed by atoms with Gasteiger partial charge in [-0.25, -0.2) is 4.41 Å². The largest absolute Gasteiger partial charge is 0.481 e. The third kappa shape index (κ3) is 5.56. The van der Waals surface area contributed by atoms with Crippen LogP contribution >= 0.6 is 27.9 Å². The highest BCUT2D eigenvalue weighted by molar-refractivity contribution is 9.10. The second kappa shape index (κ2) is 10.7. The third-order valence-electron chi connectivity index (χ3n) is 5.47. The van der Waals surface area contributed by atoms with E-state index in [1.165, 1.54) is 0 Å². The van der Waals surface area contributed by atoms with Crippen LogP contribution in [0.1, 0.15) is 30.5 Å². The van der Waals surface area contributed by atoms with Crippen molar-refractivity contribution in [3.05, 3.63) is 58.3 Å². The maximum Gasteiger partial charge on any atom is 0.303 e. The monoisotopic (exact) mass is 530 g/mol. The van der Waals surface area contributed by atoms with Crippen LogP contribution in [0.3, 0.4) is 0 Å². The number of carboxylic acids is 1. The van der Waals surface area contributed by atoms with Gasteiger partial charge in [0.05, 0.1) is 23.1 Å². The Hall–Kier alpha value is -2.43. The van der Waals surface area contributed by atoms with Crippen molar-refractivity contribution in [1.82, 2.24) is 14.3 Å². The molecule has 1 N–H and O–H groups in total. The van der Waals surface area contributed by atoms with Crippen LogP contribution in [0.15, 0.2) is 57.2 Å². The molecule has 2 aliphatic heterocycles. The number of rotatable bonds is 9. The molecule has 4 rings (SSSR count). The molecule has 0 radical (unpaired) electrons. The molecule has 2 aliphatic rings. The molecule has 2 atom stereocenters. The SMILES string of the molecule is CN(C)CCCSN1N=CN2c3ccc(Br)cc3C(c3ccccn3)=N[C@@H](CCC(=O)O)[C@H]12. The molecule has 0 unspecified atom stereocenters. The Morgan fingerprint density at radius 2 is 2.12 bits per heavy atom. The van der Waals surface area contributed by atoms with E-state index in [1.54, 1.807) is 18.1 Å². The number of carbonyl (C=O) groups is 1. The zero-order valence-corrected chi connectivity index (χ0v) is 21.0. The first-order chi connectivity index (χ1) is 15.9. The number of pyridine rings is 1. The van der Waals surface area contributed by atoms with Crippen molar-refractivity contribution in [3.63, 3.8) is 0 Å². The van der Waals surface area contributed by atoms with Gasteiger partial charge < -0.3 is 14.9 Å². The predicted molar refractivity (Wildman–Crippen MR) is 137 cm³/mol. The highest BCUT2D eigenvalue weighted by Gasteiger charge is 2.40. The van der Waals surface area contributed by atoms with Gasteiger partial charge in [0, 0.05) is 28.4 Å². The fraction of sp³-hybridized carbons (Fsp3) is 0.391. The Morgan fingerprint density at radius 1 is 1.27 bits per heavy atom. The normalized spacial score (nSPS) is 19.3. The summed E-state index contributed by atoms with van der Waals surface area (Å²) in [5.41, 5.74) is 3.45. The number of hydrogen-bond donors (Lipinski definition) is 1. The number of aromatic nitrogens is 1. The Kier molecular flexibility index (Phi) is 7.67. The van der Waals surface area contributed by atoms with E-state index in [4.69, 9.17) is 4.99 Å². The zero-order chi connectivity index (χ0) is 23.4. The maximum absolute atomic E-state index is 11.5. The maximum atomic E-state index is 11.5. The van der Waals surface area contributed by atoms with Crippen molar-refractivity contribution in [2.24, 2.45) is 10.1 Å². The van der Waals surface area contributed by atoms with Crippen LogP contribution in [0.25, 0.3) is 0 Å². The number of benzene rings is 1. The minimum Gasteiger partial charge on any atom is -0.481 e. The molecule has 0 saturated heterocycles. The lowest BCUT2D eigenvalue weighted by atomic mass is 10.0. The Morgan fingerprint density at radius 3 is 2.85 bits per heavy atom. The van der Waals surface area contributed by atoms with Gasteiger partial charge in [-0.2, -0.15) is 5.10 Å². The molecule has 2 aromatic rings. The van der Waals surface area contributed by atoms with E-state index >= 15 is 0 Å². The molecule has 0 fully saturated rings. The van der Waals surface area contributed by atoms with Crippen LogP contribution < -0.4 is 4.90 Å². The van der Waals surface area contributed by atoms with E-state index < -0.39 is 5.97 Å². The number of carboxylic acid groups (broad SMARTS) is 1. The van der Waals surface area contributed by atoms with E-state index in [-0.39, 0.29) is 18.6 Å². The number of fused-ring (bicyclic) bond motifs is 3. The van der Waals surface area contributed by atoms with Crippen molar-refractivity contribution < 1.29 is 9.90 Å². The summed E-state index contributed by atoms with van der Waals surface area (Å²) in [5.74, 6) is 0.0833. The fourth-order valence-corrected chi connectivity index (χ4v) is 5.26. The average molecular weight is 531 g/mol. The molecular formula is C23H27BrN6O2S. The first-order valence-corrected chi connectivity index (χ1v) is 12.6. The standard InChI is InChI=1S/C23H27BrN6O2S/c1-28(2)12-5-13-33-30-23-19(8-10-21(31)32)27-22(18-6-3-4-11-25-18)17-14-16(24)7-9-20(17)29(23)15-26-30/h3-4,6-7,9,11,14-15,19,23H,5,8,10,12-13H2,1-2H3,(H,31,32)/t19-,23-/m0/s1. The molecule has 0 saturated carbocycles. The van der Waals surface area contributed by atoms with Gasteiger partial charge in [0.25, 0.3) is 0 Å². The Balaban J connectivity index is 1.73. The Bertz CT molecular complexity index is 1050. The highest BCUT2D eigenvalue weighted by Crippen LogP contribution is 2.38. The van der Waals surface area contributed by atoms with Gasteiger partial charge in [0.2, 0.25) is 0 Å². The van der Waals surface area contributed by atoms with Gasteiger partial charge in [-0.1, -0.05) is 22.0 Å². The van der Waals surface area contributed by atoms with Crippen LogP contribution in [-0.2, 0) is 4.79 Å². The van der Waals surface area contributed by atoms with Gasteiger partial charge in [-0.3, -0.25) is 14.8 Å². The number of nitrogens with zero attached hydrogens (tertiary/aromatic N) is 6. The summed E-state index contributed by atoms with van der Waals surface area (Å²) in [6.45, 7) is 1.00. The fourth-order valence-electron chi connectivity index (χ4n) is 3.95. The van der Waals surface area contributed by atoms with Crippen molar-refractivity contribution in [2.45, 2.75) is 31.5 Å². The van der Waals surface area contributed by atoms with Crippen LogP contribution in [0.4, 0.5) is 5.69 Å². The first kappa shape index (κ1) is 23.7. The summed E-state index contributed by atoms with van der Waals surface area (Å²) >= 11 is 5.25. The molecule has 1 aromatic carbocycles. The van der Waals surface area contributed by atoms with Crippen LogP contribution in [0.5, 0.6) is 0 Å². The second-order valence-electron chi connectivity index (χ2n) is 8.20. The average Bonchev–Trinajstić information content (AvgIpc) is 3.15. The summed E-state index contributed by atoms with van der Waals surface area (Å²) in [5, 5.41) is 14.1. The highest BCUT2D eigenvalue weighted by atomic mass is 79.9. The number of anilines is 1. The molecular weight excluding hydrogens is 504 g/mol. The second-order valence-corrected chi connectivity index (χ2v) is 10.2. The number of hydrogen-bond acceptors (Lipinski definition) is 8. The molecule has 174 valence electrons. The van der Waals surface area contributed by atoms with Crippen molar-refractivity contribution in [2.75, 3.05) is 31.3 Å². The molecule has 0 aliphatic carbocycles. The van der Waals surface area contributed by atoms with E-state index in [9.17, 15) is 9.90 Å².